The van der Waals surface area contributed by atoms with Gasteiger partial charge < -0.3 is 5.73 Å². The molecule has 0 aliphatic carbocycles. The summed E-state index contributed by atoms with van der Waals surface area (Å²) in [7, 11) is 0. The van der Waals surface area contributed by atoms with Crippen molar-refractivity contribution in [3.8, 4) is 6.19 Å². The summed E-state index contributed by atoms with van der Waals surface area (Å²) in [5.41, 5.74) is 6.58. The molecule has 6 N–H and O–H groups in total. The van der Waals surface area contributed by atoms with Gasteiger partial charge in [-0.15, -0.1) is 4.99 Å². The molecule has 0 bridgehead atoms. The number of hydrogen-bond donors (Lipinski definition) is 4. The number of hydrazine groups is 2. The van der Waals surface area contributed by atoms with Gasteiger partial charge in [-0.2, -0.15) is 5.26 Å². The molecule has 0 atom stereocenters. The Balaban J connectivity index is 4.94. The van der Waals surface area contributed by atoms with Gasteiger partial charge >= 0.3 is 0 Å². The molecule has 70 valence electrons. The number of rotatable bonds is 1. The first-order valence-corrected chi connectivity index (χ1v) is 2.76. The average molecular weight is 186 g/mol. The molecule has 13 heavy (non-hydrogen) atoms. The molecule has 0 aliphatic heterocycles. The molecule has 0 unspecified atom stereocenters. The molecule has 0 heterocycles. The molecule has 0 rings (SSSR count). The molecule has 0 aromatic carbocycles. The third-order valence-corrected chi connectivity index (χ3v) is 0.877. The van der Waals surface area contributed by atoms with E-state index in [2.05, 4.69) is 4.99 Å². The summed E-state index contributed by atoms with van der Waals surface area (Å²) >= 11 is 0. The molecular weight excluding hydrogens is 180 g/mol. The van der Waals surface area contributed by atoms with Crippen molar-refractivity contribution in [3.05, 3.63) is 10.1 Å². The minimum atomic E-state index is -1.04. The number of hydrogen-bond acceptors (Lipinski definition) is 6. The van der Waals surface area contributed by atoms with Crippen LogP contribution in [0.4, 0.5) is 0 Å². The zero-order valence-corrected chi connectivity index (χ0v) is 6.26. The summed E-state index contributed by atoms with van der Waals surface area (Å²) in [6.07, 6.45) is 1.26. The molecule has 0 amide bonds. The summed E-state index contributed by atoms with van der Waals surface area (Å²) in [5, 5.41) is 24.1. The maximum atomic E-state index is 10.2. The van der Waals surface area contributed by atoms with Crippen molar-refractivity contribution in [3.63, 3.8) is 0 Å². The number of guanidine groups is 2. The van der Waals surface area contributed by atoms with Crippen molar-refractivity contribution >= 4 is 11.9 Å². The Labute approximate surface area is 72.0 Å². The second-order valence-electron chi connectivity index (χ2n) is 1.61. The van der Waals surface area contributed by atoms with Crippen LogP contribution in [0.15, 0.2) is 4.99 Å². The summed E-state index contributed by atoms with van der Waals surface area (Å²) in [5.74, 6) is 3.25. The van der Waals surface area contributed by atoms with Crippen LogP contribution in [0, 0.1) is 27.0 Å². The van der Waals surface area contributed by atoms with Crippen LogP contribution in [-0.2, 0) is 0 Å². The molecule has 0 radical (unpaired) electrons. The van der Waals surface area contributed by atoms with Crippen LogP contribution < -0.4 is 17.0 Å². The third-order valence-electron chi connectivity index (χ3n) is 0.877. The molecule has 0 saturated heterocycles. The van der Waals surface area contributed by atoms with Crippen LogP contribution >= 0.6 is 0 Å². The van der Waals surface area contributed by atoms with Crippen molar-refractivity contribution in [2.24, 2.45) is 16.6 Å². The predicted octanol–water partition coefficient (Wildman–Crippen LogP) is -2.33. The van der Waals surface area contributed by atoms with E-state index in [1.807, 2.05) is 0 Å². The van der Waals surface area contributed by atoms with Gasteiger partial charge in [0.05, 0.1) is 0 Å². The second kappa shape index (κ2) is 4.46. The van der Waals surface area contributed by atoms with Gasteiger partial charge in [-0.25, -0.2) is 16.0 Å². The zero-order valence-electron chi connectivity index (χ0n) is 6.26. The molecule has 0 saturated carbocycles. The highest BCUT2D eigenvalue weighted by atomic mass is 16.7. The van der Waals surface area contributed by atoms with Crippen LogP contribution in [0.3, 0.4) is 0 Å². The average Bonchev–Trinajstić information content (AvgIpc) is 2.02. The first kappa shape index (κ1) is 10.6. The quantitative estimate of drug-likeness (QED) is 0.0887. The zero-order chi connectivity index (χ0) is 10.4. The van der Waals surface area contributed by atoms with Crippen molar-refractivity contribution in [1.82, 2.24) is 10.4 Å². The lowest BCUT2D eigenvalue weighted by Gasteiger charge is -2.10. The van der Waals surface area contributed by atoms with Gasteiger partial charge in [-0.1, -0.05) is 0 Å². The Hall–Kier alpha value is -2.41. The molecule has 10 nitrogen and oxygen atoms in total. The molecule has 10 heteroatoms. The Bertz CT molecular complexity index is 274. The monoisotopic (exact) mass is 186 g/mol. The van der Waals surface area contributed by atoms with E-state index in [1.165, 1.54) is 6.19 Å². The van der Waals surface area contributed by atoms with Gasteiger partial charge in [0, 0.05) is 5.01 Å². The van der Waals surface area contributed by atoms with E-state index < -0.39 is 17.0 Å². The van der Waals surface area contributed by atoms with Gasteiger partial charge in [0.2, 0.25) is 6.19 Å². The summed E-state index contributed by atoms with van der Waals surface area (Å²) < 4.78 is 0. The summed E-state index contributed by atoms with van der Waals surface area (Å²) in [6, 6.07) is 0. The van der Waals surface area contributed by atoms with E-state index in [9.17, 15) is 10.1 Å². The minimum absolute atomic E-state index is 0.0171. The van der Waals surface area contributed by atoms with Gasteiger partial charge in [0.15, 0.2) is 5.03 Å². The lowest BCUT2D eigenvalue weighted by atomic mass is 10.8. The summed E-state index contributed by atoms with van der Waals surface area (Å²) in [4.78, 5) is 13.2. The Kier molecular flexibility index (Phi) is 3.64. The topological polar surface area (TPSA) is 170 Å². The van der Waals surface area contributed by atoms with Gasteiger partial charge in [-0.3, -0.25) is 10.8 Å². The summed E-state index contributed by atoms with van der Waals surface area (Å²) in [6.45, 7) is 0. The smallest absolute Gasteiger partial charge is 0.296 e. The van der Waals surface area contributed by atoms with E-state index in [1.54, 1.807) is 5.43 Å². The minimum Gasteiger partial charge on any atom is -0.365 e. The highest BCUT2D eigenvalue weighted by Crippen LogP contribution is 1.87. The normalized spacial score (nSPS) is 10.0. The van der Waals surface area contributed by atoms with Gasteiger partial charge in [0.1, 0.15) is 0 Å². The number of aliphatic imine (C=N–C) groups is 1. The van der Waals surface area contributed by atoms with Crippen molar-refractivity contribution in [2.75, 3.05) is 0 Å². The molecule has 0 spiro atoms. The fourth-order valence-electron chi connectivity index (χ4n) is 0.468. The van der Waals surface area contributed by atoms with Crippen LogP contribution in [0.5, 0.6) is 0 Å². The second-order valence-corrected chi connectivity index (χ2v) is 1.61. The van der Waals surface area contributed by atoms with Crippen molar-refractivity contribution < 1.29 is 5.03 Å². The van der Waals surface area contributed by atoms with E-state index in [0.29, 0.717) is 0 Å². The number of nitrogens with one attached hydrogen (secondary N) is 2. The lowest BCUT2D eigenvalue weighted by Crippen LogP contribution is -2.52. The lowest BCUT2D eigenvalue weighted by molar-refractivity contribution is -0.605. The first-order valence-electron chi connectivity index (χ1n) is 2.76. The van der Waals surface area contributed by atoms with E-state index >= 15 is 0 Å². The number of nitrogens with two attached hydrogens (primary N) is 2. The van der Waals surface area contributed by atoms with Crippen molar-refractivity contribution in [1.29, 1.82) is 10.7 Å². The first-order chi connectivity index (χ1) is 6.04. The van der Waals surface area contributed by atoms with E-state index in [0.717, 1.165) is 0 Å². The number of nitrogens with zero attached hydrogens (tertiary/aromatic N) is 4. The fourth-order valence-corrected chi connectivity index (χ4v) is 0.468. The van der Waals surface area contributed by atoms with Crippen LogP contribution in [0.25, 0.3) is 0 Å². The molecule has 0 aromatic heterocycles. The van der Waals surface area contributed by atoms with Crippen molar-refractivity contribution in [2.45, 2.75) is 0 Å². The van der Waals surface area contributed by atoms with Crippen LogP contribution in [0.1, 0.15) is 0 Å². The Morgan fingerprint density at radius 2 is 2.38 bits per heavy atom. The molecular formula is C3H6N8O2. The van der Waals surface area contributed by atoms with E-state index in [4.69, 9.17) is 22.2 Å². The predicted molar refractivity (Wildman–Crippen MR) is 41.1 cm³/mol. The highest BCUT2D eigenvalue weighted by molar-refractivity contribution is 5.95. The highest BCUT2D eigenvalue weighted by Gasteiger charge is 2.25. The molecule has 0 fully saturated rings. The Morgan fingerprint density at radius 1 is 1.85 bits per heavy atom. The number of nitro groups is 1. The largest absolute Gasteiger partial charge is 0.365 e. The fraction of sp³-hybridized carbons (Fsp3) is 0. The molecule has 0 aromatic rings. The Morgan fingerprint density at radius 3 is 2.62 bits per heavy atom. The van der Waals surface area contributed by atoms with E-state index in [-0.39, 0.29) is 5.01 Å². The maximum Gasteiger partial charge on any atom is 0.296 e. The van der Waals surface area contributed by atoms with Crippen LogP contribution in [-0.4, -0.2) is 22.0 Å². The maximum absolute atomic E-state index is 10.2. The van der Waals surface area contributed by atoms with Gasteiger partial charge in [0.25, 0.3) is 11.9 Å². The number of nitriles is 1. The van der Waals surface area contributed by atoms with Gasteiger partial charge in [-0.05, 0) is 0 Å². The third kappa shape index (κ3) is 2.60. The molecule has 0 aliphatic rings. The van der Waals surface area contributed by atoms with Crippen LogP contribution in [0.2, 0.25) is 0 Å². The standard InChI is InChI=1S/C3H6N8O2/c4-1-8-3(9-7)10(2(5)6)11(12)13/h7H2,(H3,5,6)(H,8,9). The SMILES string of the molecule is N#CN=C(NN)N(C(=N)N)[N+](=O)[O-].